The number of carbonyl (C=O) groups is 1. The molecule has 12 rings (SSSR count). The van der Waals surface area contributed by atoms with E-state index < -0.39 is 35.6 Å². The highest BCUT2D eigenvalue weighted by Gasteiger charge is 2.46. The molecule has 3 aromatic heterocycles. The van der Waals surface area contributed by atoms with Crippen molar-refractivity contribution >= 4 is 80.3 Å². The Hall–Kier alpha value is -11.1. The van der Waals surface area contributed by atoms with Gasteiger partial charge in [0, 0.05) is 39.1 Å². The zero-order valence-electron chi connectivity index (χ0n) is 48.7. The first kappa shape index (κ1) is 63.0. The number of imidazole rings is 3. The van der Waals surface area contributed by atoms with Gasteiger partial charge in [0.05, 0.1) is 49.9 Å². The van der Waals surface area contributed by atoms with Gasteiger partial charge in [0.25, 0.3) is 0 Å². The van der Waals surface area contributed by atoms with Crippen LogP contribution in [0.2, 0.25) is 0 Å². The highest BCUT2D eigenvalue weighted by atomic mass is 32.2. The van der Waals surface area contributed by atoms with E-state index in [2.05, 4.69) is 70.1 Å². The first-order chi connectivity index (χ1) is 43.3. The summed E-state index contributed by atoms with van der Waals surface area (Å²) in [6.07, 6.45) is 1.10. The van der Waals surface area contributed by atoms with E-state index in [0.29, 0.717) is 56.4 Å². The van der Waals surface area contributed by atoms with Crippen molar-refractivity contribution in [1.82, 2.24) is 29.9 Å². The Labute approximate surface area is 522 Å². The molecule has 0 saturated heterocycles. The zero-order valence-corrected chi connectivity index (χ0v) is 51.1. The van der Waals surface area contributed by atoms with Crippen LogP contribution >= 0.6 is 0 Å². The van der Waals surface area contributed by atoms with Gasteiger partial charge < -0.3 is 15.0 Å². The van der Waals surface area contributed by atoms with Gasteiger partial charge in [-0.3, -0.25) is 14.2 Å². The molecule has 0 atom stereocenters. The molecule has 22 heteroatoms. The Morgan fingerprint density at radius 1 is 0.473 bits per heavy atom. The number of Topliss-reactive ketones (excluding diaryl/α,β-unsaturated/α-hetero) is 1. The molecule has 0 aliphatic carbocycles. The number of primary sulfonamides is 1. The SMILES string of the molecule is CC(=O)c1ccccc1-c1ccc2nc(C#Cc3ccc(NS(C)(=O)=O)cc3)[nH]c2c1.Cc1cccc(C#Cc2nc3ccc(-c4ccccc4NS(=O)(=O)C(F)(F)F)cc3[nH]2)c1.Cc1cccc(C#Cc2nc3ccc(-c4ccccc4S(N)(=O)=O)cc3[nH]2)c1. The van der Waals surface area contributed by atoms with Gasteiger partial charge in [0.1, 0.15) is 0 Å². The van der Waals surface area contributed by atoms with Crippen molar-refractivity contribution in [3.63, 3.8) is 0 Å². The number of aromatic nitrogens is 6. The van der Waals surface area contributed by atoms with Gasteiger partial charge in [-0.05, 0) is 169 Å². The van der Waals surface area contributed by atoms with Crippen LogP contribution in [0.1, 0.15) is 62.6 Å². The molecule has 0 radical (unpaired) electrons. The molecule has 16 nitrogen and oxygen atoms in total. The van der Waals surface area contributed by atoms with Crippen molar-refractivity contribution in [2.75, 3.05) is 15.7 Å². The minimum Gasteiger partial charge on any atom is -0.331 e. The Kier molecular flexibility index (Phi) is 18.2. The van der Waals surface area contributed by atoms with Crippen LogP contribution in [-0.2, 0) is 30.1 Å². The minimum absolute atomic E-state index is 0.0182. The summed E-state index contributed by atoms with van der Waals surface area (Å²) in [4.78, 5) is 34.9. The van der Waals surface area contributed by atoms with Crippen LogP contribution in [0, 0.1) is 49.4 Å². The van der Waals surface area contributed by atoms with E-state index in [1.165, 1.54) is 24.3 Å². The number of fused-ring (bicyclic) bond motifs is 3. The molecule has 9 aromatic carbocycles. The van der Waals surface area contributed by atoms with E-state index in [1.54, 1.807) is 78.4 Å². The largest absolute Gasteiger partial charge is 0.516 e. The number of hydrogen-bond donors (Lipinski definition) is 6. The maximum atomic E-state index is 12.8. The molecule has 91 heavy (non-hydrogen) atoms. The number of alkyl halides is 3. The number of nitrogens with one attached hydrogen (secondary N) is 5. The molecule has 0 bridgehead atoms. The van der Waals surface area contributed by atoms with Crippen molar-refractivity contribution in [3.8, 4) is 68.9 Å². The first-order valence-corrected chi connectivity index (χ1v) is 32.4. The number of anilines is 2. The number of aryl methyl sites for hydroxylation is 2. The van der Waals surface area contributed by atoms with Crippen LogP contribution in [0.25, 0.3) is 66.5 Å². The number of ketones is 1. The summed E-state index contributed by atoms with van der Waals surface area (Å²) in [5, 5.41) is 5.35. The maximum Gasteiger partial charge on any atom is 0.516 e. The van der Waals surface area contributed by atoms with Gasteiger partial charge in [-0.1, -0.05) is 121 Å². The summed E-state index contributed by atoms with van der Waals surface area (Å²) in [5.41, 5.74) is 8.56. The number of benzene rings is 9. The van der Waals surface area contributed by atoms with Gasteiger partial charge in [-0.2, -0.15) is 21.6 Å². The van der Waals surface area contributed by atoms with Gasteiger partial charge in [-0.25, -0.2) is 36.9 Å². The standard InChI is InChI=1S/C24H19N3O3S.C23H16F3N3O2S.C22H17N3O2S/c1-16(28)20-5-3-4-6-21(20)18-10-13-22-23(15-18)26-24(25-22)14-9-17-7-11-19(12-8-17)27-31(2,29)30;1-15-5-4-6-16(13-15)9-12-22-27-20-11-10-17(14-21(20)28-22)18-7-2-3-8-19(18)29-32(30,31)23(24,25)26;1-15-5-4-6-16(13-15)9-12-22-24-19-11-10-17(14-20(19)25-22)18-7-2-3-8-21(18)28(23,26)27/h3-8,10-13,15,27H,1-2H3,(H,25,26);2-8,10-11,13-14,29H,1H3,(H,27,28);2-8,10-11,13-14H,1H3,(H,24,25)(H2,23,26,27). The predicted octanol–water partition coefficient (Wildman–Crippen LogP) is 13.0. The third-order valence-corrected chi connectivity index (χ3v) is 16.2. The average molecular weight is 1270 g/mol. The van der Waals surface area contributed by atoms with Gasteiger partial charge in [0.2, 0.25) is 20.0 Å². The quantitative estimate of drug-likeness (QED) is 0.0588. The van der Waals surface area contributed by atoms with Gasteiger partial charge in [-0.15, -0.1) is 0 Å². The number of carbonyl (C=O) groups excluding carboxylic acids is 1. The molecule has 0 saturated carbocycles. The molecule has 0 aliphatic rings. The molecule has 0 spiro atoms. The maximum absolute atomic E-state index is 12.8. The number of para-hydroxylation sites is 1. The molecule has 0 amide bonds. The van der Waals surface area contributed by atoms with Crippen LogP contribution in [0.4, 0.5) is 24.5 Å². The van der Waals surface area contributed by atoms with E-state index in [-0.39, 0.29) is 16.4 Å². The lowest BCUT2D eigenvalue weighted by atomic mass is 9.97. The summed E-state index contributed by atoms with van der Waals surface area (Å²) >= 11 is 0. The van der Waals surface area contributed by atoms with Crippen LogP contribution in [-0.4, -0.2) is 72.7 Å². The minimum atomic E-state index is -5.54. The van der Waals surface area contributed by atoms with Crippen LogP contribution in [0.3, 0.4) is 0 Å². The summed E-state index contributed by atoms with van der Waals surface area (Å²) in [7, 11) is -12.7. The lowest BCUT2D eigenvalue weighted by molar-refractivity contribution is -0.0429. The van der Waals surface area contributed by atoms with Crippen LogP contribution in [0.5, 0.6) is 0 Å². The fourth-order valence-electron chi connectivity index (χ4n) is 9.41. The van der Waals surface area contributed by atoms with E-state index in [0.717, 1.165) is 72.8 Å². The molecule has 0 unspecified atom stereocenters. The number of nitrogens with two attached hydrogens (primary N) is 1. The molecular formula is C69H52F3N9O7S3. The fourth-order valence-corrected chi connectivity index (χ4v) is 11.3. The van der Waals surface area contributed by atoms with Gasteiger partial charge in [0.15, 0.2) is 23.3 Å². The number of halogens is 3. The highest BCUT2D eigenvalue weighted by molar-refractivity contribution is 7.93. The Morgan fingerprint density at radius 3 is 1.36 bits per heavy atom. The molecular weight excluding hydrogens is 1220 g/mol. The summed E-state index contributed by atoms with van der Waals surface area (Å²) in [6, 6.07) is 58.8. The van der Waals surface area contributed by atoms with Crippen LogP contribution < -0.4 is 14.6 Å². The zero-order chi connectivity index (χ0) is 64.7. The number of sulfonamides is 3. The second-order valence-electron chi connectivity index (χ2n) is 20.6. The Bertz CT molecular complexity index is 5360. The predicted molar refractivity (Wildman–Crippen MR) is 350 cm³/mol. The lowest BCUT2D eigenvalue weighted by Gasteiger charge is -2.14. The Balaban J connectivity index is 0.000000150. The van der Waals surface area contributed by atoms with E-state index in [1.807, 2.05) is 123 Å². The molecule has 7 N–H and O–H groups in total. The molecule has 0 fully saturated rings. The van der Waals surface area contributed by atoms with Crippen molar-refractivity contribution in [2.24, 2.45) is 5.14 Å². The molecule has 0 aliphatic heterocycles. The van der Waals surface area contributed by atoms with Crippen molar-refractivity contribution < 1.29 is 43.2 Å². The number of nitrogens with zero attached hydrogens (tertiary/aromatic N) is 3. The summed E-state index contributed by atoms with van der Waals surface area (Å²) < 4.78 is 112. The second-order valence-corrected chi connectivity index (χ2v) is 25.6. The normalized spacial score (nSPS) is 11.3. The lowest BCUT2D eigenvalue weighted by Crippen LogP contribution is -2.30. The molecule has 454 valence electrons. The monoisotopic (exact) mass is 1270 g/mol. The number of H-pyrrole nitrogens is 3. The van der Waals surface area contributed by atoms with Crippen molar-refractivity contribution in [1.29, 1.82) is 0 Å². The first-order valence-electron chi connectivity index (χ1n) is 27.5. The van der Waals surface area contributed by atoms with Crippen molar-refractivity contribution in [3.05, 3.63) is 251 Å². The topological polar surface area (TPSA) is 256 Å². The third kappa shape index (κ3) is 16.0. The fraction of sp³-hybridized carbons (Fsp3) is 0.0725. The summed E-state index contributed by atoms with van der Waals surface area (Å²) in [6.45, 7) is 5.55. The van der Waals surface area contributed by atoms with E-state index in [4.69, 9.17) is 5.14 Å². The van der Waals surface area contributed by atoms with Crippen molar-refractivity contribution in [2.45, 2.75) is 31.2 Å². The number of rotatable bonds is 9. The number of aromatic amines is 3. The third-order valence-electron chi connectivity index (χ3n) is 13.6. The Morgan fingerprint density at radius 2 is 0.901 bits per heavy atom. The summed E-state index contributed by atoms with van der Waals surface area (Å²) in [5.74, 6) is 19.7. The molecule has 12 aromatic rings. The number of hydrogen-bond acceptors (Lipinski definition) is 10. The second kappa shape index (κ2) is 26.3. The van der Waals surface area contributed by atoms with Gasteiger partial charge >= 0.3 is 15.5 Å². The van der Waals surface area contributed by atoms with E-state index in [9.17, 15) is 43.2 Å². The highest BCUT2D eigenvalue weighted by Crippen LogP contribution is 2.34. The molecule has 3 heterocycles. The smallest absolute Gasteiger partial charge is 0.331 e. The van der Waals surface area contributed by atoms with Crippen LogP contribution in [0.15, 0.2) is 205 Å². The van der Waals surface area contributed by atoms with E-state index >= 15 is 0 Å². The average Bonchev–Trinajstić information content (AvgIpc) is 1.96.